The van der Waals surface area contributed by atoms with Crippen molar-refractivity contribution in [3.63, 3.8) is 0 Å². The van der Waals surface area contributed by atoms with Crippen LogP contribution >= 0.6 is 0 Å². The van der Waals surface area contributed by atoms with Crippen LogP contribution in [0.5, 0.6) is 11.5 Å². The van der Waals surface area contributed by atoms with Gasteiger partial charge in [-0.15, -0.1) is 0 Å². The molecule has 0 atom stereocenters. The van der Waals surface area contributed by atoms with Crippen molar-refractivity contribution in [3.05, 3.63) is 30.0 Å². The maximum atomic E-state index is 13.3. The van der Waals surface area contributed by atoms with Gasteiger partial charge in [0, 0.05) is 18.2 Å². The minimum Gasteiger partial charge on any atom is -0.497 e. The van der Waals surface area contributed by atoms with Crippen molar-refractivity contribution in [2.45, 2.75) is 37.9 Å². The van der Waals surface area contributed by atoms with Gasteiger partial charge in [0.25, 0.3) is 0 Å². The van der Waals surface area contributed by atoms with Crippen LogP contribution in [0.2, 0.25) is 0 Å². The summed E-state index contributed by atoms with van der Waals surface area (Å²) in [6.07, 6.45) is -0.686. The summed E-state index contributed by atoms with van der Waals surface area (Å²) in [7, 11) is 2.98. The predicted octanol–water partition coefficient (Wildman–Crippen LogP) is 4.61. The number of rotatable bonds is 6. The highest BCUT2D eigenvalue weighted by Gasteiger charge is 2.34. The zero-order chi connectivity index (χ0) is 19.4. The molecule has 1 aliphatic rings. The van der Waals surface area contributed by atoms with Crippen LogP contribution in [0.3, 0.4) is 0 Å². The first kappa shape index (κ1) is 19.1. The first-order valence-corrected chi connectivity index (χ1v) is 8.61. The Bertz CT molecular complexity index is 793. The number of anilines is 3. The Balaban J connectivity index is 1.91. The van der Waals surface area contributed by atoms with Crippen molar-refractivity contribution >= 4 is 17.5 Å². The van der Waals surface area contributed by atoms with E-state index in [0.29, 0.717) is 17.2 Å². The summed E-state index contributed by atoms with van der Waals surface area (Å²) in [6.45, 7) is 0. The second-order valence-corrected chi connectivity index (χ2v) is 6.28. The summed E-state index contributed by atoms with van der Waals surface area (Å²) in [5.41, 5.74) is -0.537. The van der Waals surface area contributed by atoms with Gasteiger partial charge in [0.15, 0.2) is 5.69 Å². The van der Waals surface area contributed by atoms with E-state index < -0.39 is 11.9 Å². The van der Waals surface area contributed by atoms with Crippen molar-refractivity contribution in [1.82, 2.24) is 9.97 Å². The molecule has 0 spiro atoms. The van der Waals surface area contributed by atoms with Gasteiger partial charge in [0.05, 0.1) is 19.9 Å². The van der Waals surface area contributed by atoms with Gasteiger partial charge in [0.1, 0.15) is 17.3 Å². The molecule has 27 heavy (non-hydrogen) atoms. The molecule has 0 aliphatic heterocycles. The molecule has 1 fully saturated rings. The van der Waals surface area contributed by atoms with Crippen LogP contribution in [0, 0.1) is 0 Å². The molecule has 1 saturated carbocycles. The largest absolute Gasteiger partial charge is 0.497 e. The van der Waals surface area contributed by atoms with E-state index in [1.807, 2.05) is 0 Å². The van der Waals surface area contributed by atoms with E-state index in [4.69, 9.17) is 9.47 Å². The third-order valence-corrected chi connectivity index (χ3v) is 4.38. The van der Waals surface area contributed by atoms with Gasteiger partial charge < -0.3 is 20.1 Å². The van der Waals surface area contributed by atoms with Crippen LogP contribution in [-0.2, 0) is 6.18 Å². The van der Waals surface area contributed by atoms with E-state index >= 15 is 0 Å². The van der Waals surface area contributed by atoms with Crippen molar-refractivity contribution < 1.29 is 22.6 Å². The number of alkyl halides is 3. The Hall–Kier alpha value is -2.71. The number of methoxy groups -OCH3 is 2. The molecule has 2 aromatic rings. The Labute approximate surface area is 155 Å². The fraction of sp³-hybridized carbons (Fsp3) is 0.444. The second kappa shape index (κ2) is 7.89. The van der Waals surface area contributed by atoms with E-state index in [2.05, 4.69) is 20.6 Å². The first-order valence-electron chi connectivity index (χ1n) is 8.61. The molecule has 0 unspecified atom stereocenters. The summed E-state index contributed by atoms with van der Waals surface area (Å²) in [4.78, 5) is 7.84. The van der Waals surface area contributed by atoms with Crippen LogP contribution < -0.4 is 20.1 Å². The lowest BCUT2D eigenvalue weighted by Gasteiger charge is -2.17. The Morgan fingerprint density at radius 3 is 2.41 bits per heavy atom. The molecule has 2 N–H and O–H groups in total. The lowest BCUT2D eigenvalue weighted by Crippen LogP contribution is -2.19. The number of halogens is 3. The van der Waals surface area contributed by atoms with E-state index in [1.165, 1.54) is 14.2 Å². The number of nitrogens with one attached hydrogen (secondary N) is 2. The minimum atomic E-state index is -4.57. The highest BCUT2D eigenvalue weighted by Crippen LogP contribution is 2.34. The molecule has 0 radical (unpaired) electrons. The molecule has 0 bridgehead atoms. The number of nitrogens with zero attached hydrogens (tertiary/aromatic N) is 2. The molecule has 9 heteroatoms. The summed E-state index contributed by atoms with van der Waals surface area (Å²) < 4.78 is 50.2. The van der Waals surface area contributed by atoms with Crippen LogP contribution in [0.25, 0.3) is 0 Å². The molecule has 3 rings (SSSR count). The van der Waals surface area contributed by atoms with Crippen molar-refractivity contribution in [2.75, 3.05) is 24.9 Å². The van der Waals surface area contributed by atoms with E-state index in [9.17, 15) is 13.2 Å². The number of aromatic nitrogens is 2. The van der Waals surface area contributed by atoms with Crippen LogP contribution in [-0.4, -0.2) is 30.2 Å². The molecule has 0 saturated heterocycles. The Morgan fingerprint density at radius 2 is 1.78 bits per heavy atom. The number of hydrogen-bond acceptors (Lipinski definition) is 6. The third kappa shape index (κ3) is 4.72. The molecule has 1 aliphatic carbocycles. The molecule has 6 nitrogen and oxygen atoms in total. The quantitative estimate of drug-likeness (QED) is 0.760. The van der Waals surface area contributed by atoms with E-state index in [-0.39, 0.29) is 17.8 Å². The average Bonchev–Trinajstić information content (AvgIpc) is 3.14. The SMILES string of the molecule is COc1ccc(Nc2cc(C(F)(F)F)nc(NC3CCCC3)n2)c(OC)c1. The lowest BCUT2D eigenvalue weighted by molar-refractivity contribution is -0.141. The summed E-state index contributed by atoms with van der Waals surface area (Å²) in [5, 5.41) is 5.89. The van der Waals surface area contributed by atoms with E-state index in [1.54, 1.807) is 18.2 Å². The minimum absolute atomic E-state index is 0.0290. The van der Waals surface area contributed by atoms with Gasteiger partial charge in [-0.05, 0) is 25.0 Å². The number of ether oxygens (including phenoxy) is 2. The standard InChI is InChI=1S/C18H21F3N4O2/c1-26-12-7-8-13(14(9-12)27-2)23-16-10-15(18(19,20)21)24-17(25-16)22-11-5-3-4-6-11/h7-11H,3-6H2,1-2H3,(H2,22,23,24,25). The maximum Gasteiger partial charge on any atom is 0.433 e. The van der Waals surface area contributed by atoms with Gasteiger partial charge >= 0.3 is 6.18 Å². The molecule has 1 heterocycles. The molecule has 1 aromatic heterocycles. The van der Waals surface area contributed by atoms with Crippen LogP contribution in [0.4, 0.5) is 30.6 Å². The summed E-state index contributed by atoms with van der Waals surface area (Å²) >= 11 is 0. The smallest absolute Gasteiger partial charge is 0.433 e. The zero-order valence-corrected chi connectivity index (χ0v) is 15.1. The molecule has 1 aromatic carbocycles. The lowest BCUT2D eigenvalue weighted by atomic mass is 10.2. The van der Waals surface area contributed by atoms with Gasteiger partial charge in [-0.3, -0.25) is 0 Å². The zero-order valence-electron chi connectivity index (χ0n) is 15.1. The highest BCUT2D eigenvalue weighted by molar-refractivity contribution is 5.66. The Morgan fingerprint density at radius 1 is 1.04 bits per heavy atom. The monoisotopic (exact) mass is 382 g/mol. The Kier molecular flexibility index (Phi) is 5.57. The van der Waals surface area contributed by atoms with E-state index in [0.717, 1.165) is 31.7 Å². The molecule has 146 valence electrons. The molecule has 0 amide bonds. The number of hydrogen-bond donors (Lipinski definition) is 2. The van der Waals surface area contributed by atoms with Crippen molar-refractivity contribution in [3.8, 4) is 11.5 Å². The summed E-state index contributed by atoms with van der Waals surface area (Å²) in [5.74, 6) is 0.986. The molecular weight excluding hydrogens is 361 g/mol. The van der Waals surface area contributed by atoms with Crippen LogP contribution in [0.15, 0.2) is 24.3 Å². The maximum absolute atomic E-state index is 13.3. The van der Waals surface area contributed by atoms with Gasteiger partial charge in [0.2, 0.25) is 5.95 Å². The normalized spacial score (nSPS) is 14.9. The van der Waals surface area contributed by atoms with Gasteiger partial charge in [-0.2, -0.15) is 18.2 Å². The fourth-order valence-corrected chi connectivity index (χ4v) is 3.01. The average molecular weight is 382 g/mol. The fourth-order valence-electron chi connectivity index (χ4n) is 3.01. The van der Waals surface area contributed by atoms with Crippen LogP contribution in [0.1, 0.15) is 31.4 Å². The van der Waals surface area contributed by atoms with Crippen molar-refractivity contribution in [2.24, 2.45) is 0 Å². The van der Waals surface area contributed by atoms with Gasteiger partial charge in [-0.1, -0.05) is 12.8 Å². The number of benzene rings is 1. The van der Waals surface area contributed by atoms with Gasteiger partial charge in [-0.25, -0.2) is 4.98 Å². The second-order valence-electron chi connectivity index (χ2n) is 6.28. The van der Waals surface area contributed by atoms with Crippen molar-refractivity contribution in [1.29, 1.82) is 0 Å². The highest BCUT2D eigenvalue weighted by atomic mass is 19.4. The first-order chi connectivity index (χ1) is 12.9. The topological polar surface area (TPSA) is 68.3 Å². The summed E-state index contributed by atoms with van der Waals surface area (Å²) in [6, 6.07) is 5.93. The third-order valence-electron chi connectivity index (χ3n) is 4.38. The molecular formula is C18H21F3N4O2. The predicted molar refractivity (Wildman–Crippen MR) is 95.7 cm³/mol.